The minimum absolute atomic E-state index is 0.123. The Morgan fingerprint density at radius 3 is 2.27 bits per heavy atom. The molecule has 0 aromatic heterocycles. The van der Waals surface area contributed by atoms with Crippen LogP contribution in [0.2, 0.25) is 0 Å². The van der Waals surface area contributed by atoms with Crippen LogP contribution in [-0.2, 0) is 22.6 Å². The van der Waals surface area contributed by atoms with Crippen LogP contribution < -0.4 is 10.6 Å². The lowest BCUT2D eigenvalue weighted by molar-refractivity contribution is -0.121. The first-order valence-corrected chi connectivity index (χ1v) is 10.2. The van der Waals surface area contributed by atoms with Crippen molar-refractivity contribution in [2.24, 2.45) is 0 Å². The lowest BCUT2D eigenvalue weighted by Gasteiger charge is -2.19. The summed E-state index contributed by atoms with van der Waals surface area (Å²) >= 11 is 0. The number of benzene rings is 2. The topological polar surface area (TPSA) is 70.7 Å². The molecule has 0 aliphatic heterocycles. The second-order valence-electron chi connectivity index (χ2n) is 8.55. The number of nitrogens with one attached hydrogen (secondary N) is 2. The van der Waals surface area contributed by atoms with Crippen LogP contribution in [0.4, 0.5) is 4.79 Å². The zero-order valence-corrected chi connectivity index (χ0v) is 18.6. The van der Waals surface area contributed by atoms with Crippen LogP contribution in [0.5, 0.6) is 0 Å². The van der Waals surface area contributed by atoms with Gasteiger partial charge < -0.3 is 20.3 Å². The molecule has 0 saturated carbocycles. The first-order chi connectivity index (χ1) is 14.1. The number of hydrogen-bond donors (Lipinski definition) is 2. The minimum atomic E-state index is -0.555. The predicted molar refractivity (Wildman–Crippen MR) is 120 cm³/mol. The summed E-state index contributed by atoms with van der Waals surface area (Å²) in [4.78, 5) is 25.9. The normalized spacial score (nSPS) is 11.3. The smallest absolute Gasteiger partial charge is 0.407 e. The molecule has 2 aromatic rings. The van der Waals surface area contributed by atoms with E-state index in [-0.39, 0.29) is 18.9 Å². The minimum Gasteiger partial charge on any atom is -0.444 e. The van der Waals surface area contributed by atoms with E-state index in [0.717, 1.165) is 23.2 Å². The zero-order chi connectivity index (χ0) is 22.1. The summed E-state index contributed by atoms with van der Waals surface area (Å²) in [5, 5.41) is 5.53. The average Bonchev–Trinajstić information content (AvgIpc) is 2.65. The summed E-state index contributed by atoms with van der Waals surface area (Å²) in [7, 11) is 4.10. The van der Waals surface area contributed by atoms with Gasteiger partial charge in [0, 0.05) is 26.1 Å². The standard InChI is InChI=1S/C24H33N3O3/c1-24(2,3)30-23(29)25-15-14-22(28)26-16-20-8-6-7-9-21(20)19-12-10-18(11-13-19)17-27(4)5/h6-13H,14-17H2,1-5H3,(H,25,29)(H,26,28). The second-order valence-corrected chi connectivity index (χ2v) is 8.55. The highest BCUT2D eigenvalue weighted by molar-refractivity contribution is 5.77. The summed E-state index contributed by atoms with van der Waals surface area (Å²) in [6.07, 6.45) is -0.320. The third kappa shape index (κ3) is 8.25. The Labute approximate surface area is 179 Å². The van der Waals surface area contributed by atoms with Gasteiger partial charge in [0.1, 0.15) is 5.60 Å². The van der Waals surface area contributed by atoms with Crippen LogP contribution in [-0.4, -0.2) is 43.1 Å². The number of ether oxygens (including phenoxy) is 1. The van der Waals surface area contributed by atoms with Gasteiger partial charge in [-0.1, -0.05) is 48.5 Å². The fourth-order valence-electron chi connectivity index (χ4n) is 2.99. The highest BCUT2D eigenvalue weighted by Crippen LogP contribution is 2.24. The van der Waals surface area contributed by atoms with E-state index >= 15 is 0 Å². The molecule has 0 aliphatic carbocycles. The number of carbonyl (C=O) groups excluding carboxylic acids is 2. The van der Waals surface area contributed by atoms with Gasteiger partial charge in [-0.05, 0) is 57.1 Å². The molecule has 0 fully saturated rings. The molecular formula is C24H33N3O3. The molecule has 162 valence electrons. The fourth-order valence-corrected chi connectivity index (χ4v) is 2.99. The van der Waals surface area contributed by atoms with E-state index in [0.29, 0.717) is 6.54 Å². The summed E-state index contributed by atoms with van der Waals surface area (Å²) in [5.41, 5.74) is 3.97. The third-order valence-corrected chi connectivity index (χ3v) is 4.28. The van der Waals surface area contributed by atoms with Gasteiger partial charge in [0.25, 0.3) is 0 Å². The highest BCUT2D eigenvalue weighted by atomic mass is 16.6. The van der Waals surface area contributed by atoms with Gasteiger partial charge in [0.2, 0.25) is 5.91 Å². The predicted octanol–water partition coefficient (Wildman–Crippen LogP) is 3.95. The molecule has 0 spiro atoms. The van der Waals surface area contributed by atoms with Crippen LogP contribution in [0.1, 0.15) is 38.3 Å². The maximum Gasteiger partial charge on any atom is 0.407 e. The molecule has 2 aromatic carbocycles. The van der Waals surface area contributed by atoms with Gasteiger partial charge in [-0.3, -0.25) is 4.79 Å². The average molecular weight is 412 g/mol. The first kappa shape index (κ1) is 23.4. The van der Waals surface area contributed by atoms with E-state index in [1.165, 1.54) is 5.56 Å². The first-order valence-electron chi connectivity index (χ1n) is 10.2. The van der Waals surface area contributed by atoms with Crippen molar-refractivity contribution < 1.29 is 14.3 Å². The molecule has 2 rings (SSSR count). The molecule has 30 heavy (non-hydrogen) atoms. The number of carbonyl (C=O) groups is 2. The van der Waals surface area contributed by atoms with Crippen molar-refractivity contribution in [3.63, 3.8) is 0 Å². The van der Waals surface area contributed by atoms with Gasteiger partial charge in [-0.2, -0.15) is 0 Å². The van der Waals surface area contributed by atoms with Crippen LogP contribution >= 0.6 is 0 Å². The van der Waals surface area contributed by atoms with Crippen molar-refractivity contribution in [2.45, 2.75) is 45.9 Å². The van der Waals surface area contributed by atoms with Crippen LogP contribution in [0.15, 0.2) is 48.5 Å². The van der Waals surface area contributed by atoms with Crippen LogP contribution in [0.3, 0.4) is 0 Å². The molecule has 6 nitrogen and oxygen atoms in total. The van der Waals surface area contributed by atoms with E-state index in [2.05, 4.69) is 60.0 Å². The summed E-state index contributed by atoms with van der Waals surface area (Å²) < 4.78 is 5.16. The maximum atomic E-state index is 12.2. The van der Waals surface area contributed by atoms with Gasteiger partial charge >= 0.3 is 6.09 Å². The van der Waals surface area contributed by atoms with Crippen molar-refractivity contribution >= 4 is 12.0 Å². The molecule has 6 heteroatoms. The lowest BCUT2D eigenvalue weighted by atomic mass is 9.98. The number of rotatable bonds is 8. The Hall–Kier alpha value is -2.86. The van der Waals surface area contributed by atoms with Crippen molar-refractivity contribution in [1.29, 1.82) is 0 Å². The number of alkyl carbamates (subject to hydrolysis) is 1. The molecule has 0 unspecified atom stereocenters. The third-order valence-electron chi connectivity index (χ3n) is 4.28. The number of amides is 2. The summed E-state index contributed by atoms with van der Waals surface area (Å²) in [5.74, 6) is -0.123. The number of hydrogen-bond acceptors (Lipinski definition) is 4. The maximum absolute atomic E-state index is 12.2. The van der Waals surface area contributed by atoms with E-state index in [4.69, 9.17) is 4.74 Å². The fraction of sp³-hybridized carbons (Fsp3) is 0.417. The number of nitrogens with zero attached hydrogens (tertiary/aromatic N) is 1. The van der Waals surface area contributed by atoms with Crippen molar-refractivity contribution in [3.05, 3.63) is 59.7 Å². The van der Waals surface area contributed by atoms with Crippen molar-refractivity contribution in [2.75, 3.05) is 20.6 Å². The van der Waals surface area contributed by atoms with E-state index < -0.39 is 11.7 Å². The molecule has 2 N–H and O–H groups in total. The molecule has 2 amide bonds. The quantitative estimate of drug-likeness (QED) is 0.690. The molecular weight excluding hydrogens is 378 g/mol. The van der Waals surface area contributed by atoms with Crippen molar-refractivity contribution in [3.8, 4) is 11.1 Å². The summed E-state index contributed by atoms with van der Waals surface area (Å²) in [6, 6.07) is 16.5. The van der Waals surface area contributed by atoms with E-state index in [9.17, 15) is 9.59 Å². The molecule has 0 radical (unpaired) electrons. The molecule has 0 heterocycles. The van der Waals surface area contributed by atoms with E-state index in [1.807, 2.05) is 18.2 Å². The van der Waals surface area contributed by atoms with Crippen molar-refractivity contribution in [1.82, 2.24) is 15.5 Å². The van der Waals surface area contributed by atoms with Crippen LogP contribution in [0, 0.1) is 0 Å². The second kappa shape index (κ2) is 10.8. The van der Waals surface area contributed by atoms with Crippen LogP contribution in [0.25, 0.3) is 11.1 Å². The van der Waals surface area contributed by atoms with Gasteiger partial charge in [0.05, 0.1) is 0 Å². The Morgan fingerprint density at radius 1 is 0.967 bits per heavy atom. The Kier molecular flexibility index (Phi) is 8.42. The molecule has 0 atom stereocenters. The lowest BCUT2D eigenvalue weighted by Crippen LogP contribution is -2.35. The van der Waals surface area contributed by atoms with Gasteiger partial charge in [-0.15, -0.1) is 0 Å². The van der Waals surface area contributed by atoms with Gasteiger partial charge in [-0.25, -0.2) is 4.79 Å². The SMILES string of the molecule is CN(C)Cc1ccc(-c2ccccc2CNC(=O)CCNC(=O)OC(C)(C)C)cc1. The molecule has 0 saturated heterocycles. The Morgan fingerprint density at radius 2 is 1.63 bits per heavy atom. The molecule has 0 bridgehead atoms. The highest BCUT2D eigenvalue weighted by Gasteiger charge is 2.16. The zero-order valence-electron chi connectivity index (χ0n) is 18.6. The Bertz CT molecular complexity index is 840. The largest absolute Gasteiger partial charge is 0.444 e. The Balaban J connectivity index is 1.89. The molecule has 0 aliphatic rings. The monoisotopic (exact) mass is 411 g/mol. The summed E-state index contributed by atoms with van der Waals surface area (Å²) in [6.45, 7) is 6.96. The van der Waals surface area contributed by atoms with E-state index in [1.54, 1.807) is 20.8 Å². The van der Waals surface area contributed by atoms with Gasteiger partial charge in [0.15, 0.2) is 0 Å².